The van der Waals surface area contributed by atoms with Crippen LogP contribution in [0, 0.1) is 0 Å². The third-order valence-electron chi connectivity index (χ3n) is 4.13. The molecule has 1 aromatic carbocycles. The van der Waals surface area contributed by atoms with Crippen molar-refractivity contribution >= 4 is 41.3 Å². The number of guanidine groups is 1. The first-order valence-corrected chi connectivity index (χ1v) is 9.01. The fourth-order valence-electron chi connectivity index (χ4n) is 2.62. The molecule has 2 atom stereocenters. The molecule has 2 N–H and O–H groups in total. The van der Waals surface area contributed by atoms with Gasteiger partial charge in [0.05, 0.1) is 12.2 Å². The topological polar surface area (TPSA) is 49.3 Å². The van der Waals surface area contributed by atoms with Crippen LogP contribution in [0.5, 0.6) is 0 Å². The molecule has 1 aliphatic rings. The largest absolute Gasteiger partial charge is 0.353 e. The lowest BCUT2D eigenvalue weighted by Crippen LogP contribution is -2.38. The molecular weight excluding hydrogens is 431 g/mol. The Morgan fingerprint density at radius 3 is 2.71 bits per heavy atom. The summed E-state index contributed by atoms with van der Waals surface area (Å²) >= 11 is 1.71. The van der Waals surface area contributed by atoms with E-state index in [4.69, 9.17) is 0 Å². The van der Waals surface area contributed by atoms with E-state index in [1.165, 1.54) is 17.7 Å². The van der Waals surface area contributed by atoms with Gasteiger partial charge in [-0.05, 0) is 17.9 Å². The zero-order chi connectivity index (χ0) is 16.2. The first-order chi connectivity index (χ1) is 11.2. The van der Waals surface area contributed by atoms with Crippen molar-refractivity contribution in [2.75, 3.05) is 7.05 Å². The molecule has 2 aromatic rings. The lowest BCUT2D eigenvalue weighted by atomic mass is 10.1. The molecular formula is C18H25IN4S. The third kappa shape index (κ3) is 4.92. The minimum atomic E-state index is 0. The molecule has 0 spiro atoms. The van der Waals surface area contributed by atoms with Crippen LogP contribution in [0.25, 0.3) is 0 Å². The van der Waals surface area contributed by atoms with E-state index in [9.17, 15) is 0 Å². The van der Waals surface area contributed by atoms with Crippen LogP contribution in [0.1, 0.15) is 48.4 Å². The Kier molecular flexibility index (Phi) is 7.03. The quantitative estimate of drug-likeness (QED) is 0.405. The first-order valence-electron chi connectivity index (χ1n) is 8.13. The van der Waals surface area contributed by atoms with Gasteiger partial charge in [0, 0.05) is 24.4 Å². The van der Waals surface area contributed by atoms with Crippen LogP contribution in [0.2, 0.25) is 0 Å². The second-order valence-corrected chi connectivity index (χ2v) is 7.19. The van der Waals surface area contributed by atoms with E-state index in [-0.39, 0.29) is 24.0 Å². The number of nitrogens with one attached hydrogen (secondary N) is 2. The van der Waals surface area contributed by atoms with Crippen LogP contribution in [0.4, 0.5) is 0 Å². The molecule has 130 valence electrons. The minimum Gasteiger partial charge on any atom is -0.353 e. The van der Waals surface area contributed by atoms with Crippen molar-refractivity contribution in [3.63, 3.8) is 0 Å². The van der Waals surface area contributed by atoms with Crippen molar-refractivity contribution in [1.29, 1.82) is 0 Å². The lowest BCUT2D eigenvalue weighted by Gasteiger charge is -2.11. The van der Waals surface area contributed by atoms with Crippen molar-refractivity contribution in [3.05, 3.63) is 52.0 Å². The maximum Gasteiger partial charge on any atom is 0.191 e. The van der Waals surface area contributed by atoms with Gasteiger partial charge in [-0.15, -0.1) is 35.3 Å². The summed E-state index contributed by atoms with van der Waals surface area (Å²) in [5, 5.41) is 10.1. The van der Waals surface area contributed by atoms with Gasteiger partial charge >= 0.3 is 0 Å². The number of halogens is 1. The van der Waals surface area contributed by atoms with Gasteiger partial charge in [0.2, 0.25) is 0 Å². The maximum absolute atomic E-state index is 4.65. The fraction of sp³-hybridized carbons (Fsp3) is 0.444. The van der Waals surface area contributed by atoms with E-state index in [1.54, 1.807) is 11.3 Å². The SMILES string of the molecule is CN=C(NCc1nc(C(C)C)cs1)NC1CC1c1ccccc1.I. The average molecular weight is 456 g/mol. The molecule has 0 aliphatic heterocycles. The molecule has 1 saturated carbocycles. The van der Waals surface area contributed by atoms with Crippen LogP contribution < -0.4 is 10.6 Å². The average Bonchev–Trinajstić information content (AvgIpc) is 3.17. The van der Waals surface area contributed by atoms with Crippen molar-refractivity contribution in [2.45, 2.75) is 44.7 Å². The maximum atomic E-state index is 4.65. The van der Waals surface area contributed by atoms with E-state index in [1.807, 2.05) is 7.05 Å². The highest BCUT2D eigenvalue weighted by atomic mass is 127. The number of nitrogens with zero attached hydrogens (tertiary/aromatic N) is 2. The highest BCUT2D eigenvalue weighted by Crippen LogP contribution is 2.40. The second kappa shape index (κ2) is 8.80. The number of aromatic nitrogens is 1. The number of rotatable bonds is 5. The van der Waals surface area contributed by atoms with E-state index in [0.29, 0.717) is 17.9 Å². The van der Waals surface area contributed by atoms with Gasteiger partial charge in [0.15, 0.2) is 5.96 Å². The molecule has 1 fully saturated rings. The third-order valence-corrected chi connectivity index (χ3v) is 5.00. The van der Waals surface area contributed by atoms with Crippen LogP contribution in [0.3, 0.4) is 0 Å². The van der Waals surface area contributed by atoms with Gasteiger partial charge in [-0.3, -0.25) is 4.99 Å². The second-order valence-electron chi connectivity index (χ2n) is 6.25. The zero-order valence-corrected chi connectivity index (χ0v) is 17.5. The van der Waals surface area contributed by atoms with Gasteiger partial charge in [0.25, 0.3) is 0 Å². The number of hydrogen-bond acceptors (Lipinski definition) is 3. The molecule has 0 saturated heterocycles. The Hall–Kier alpha value is -1.15. The summed E-state index contributed by atoms with van der Waals surface area (Å²) in [5.41, 5.74) is 2.57. The molecule has 1 aliphatic carbocycles. The number of aliphatic imine (C=N–C) groups is 1. The van der Waals surface area contributed by atoms with E-state index < -0.39 is 0 Å². The number of hydrogen-bond donors (Lipinski definition) is 2. The summed E-state index contributed by atoms with van der Waals surface area (Å²) in [5.74, 6) is 1.94. The molecule has 2 unspecified atom stereocenters. The monoisotopic (exact) mass is 456 g/mol. The summed E-state index contributed by atoms with van der Waals surface area (Å²) in [6.07, 6.45) is 1.17. The van der Waals surface area contributed by atoms with Gasteiger partial charge in [0.1, 0.15) is 5.01 Å². The highest BCUT2D eigenvalue weighted by Gasteiger charge is 2.38. The fourth-order valence-corrected chi connectivity index (χ4v) is 3.52. The Morgan fingerprint density at radius 1 is 1.33 bits per heavy atom. The van der Waals surface area contributed by atoms with Gasteiger partial charge in [-0.2, -0.15) is 0 Å². The predicted octanol–water partition coefficient (Wildman–Crippen LogP) is 4.11. The summed E-state index contributed by atoms with van der Waals surface area (Å²) in [4.78, 5) is 8.97. The van der Waals surface area contributed by atoms with Gasteiger partial charge < -0.3 is 10.6 Å². The summed E-state index contributed by atoms with van der Waals surface area (Å²) in [6.45, 7) is 5.06. The van der Waals surface area contributed by atoms with Crippen molar-refractivity contribution in [2.24, 2.45) is 4.99 Å². The molecule has 6 heteroatoms. The predicted molar refractivity (Wildman–Crippen MR) is 113 cm³/mol. The first kappa shape index (κ1) is 19.2. The minimum absolute atomic E-state index is 0. The van der Waals surface area contributed by atoms with Crippen LogP contribution in [-0.2, 0) is 6.54 Å². The standard InChI is InChI=1S/C18H24N4S.HI/c1-12(2)16-11-23-17(21-16)10-20-18(19-3)22-15-9-14(15)13-7-5-4-6-8-13;/h4-8,11-12,14-15H,9-10H2,1-3H3,(H2,19,20,22);1H. The lowest BCUT2D eigenvalue weighted by molar-refractivity contribution is 0.774. The molecule has 1 heterocycles. The van der Waals surface area contributed by atoms with Crippen LogP contribution in [0.15, 0.2) is 40.7 Å². The van der Waals surface area contributed by atoms with E-state index >= 15 is 0 Å². The molecule has 0 bridgehead atoms. The molecule has 24 heavy (non-hydrogen) atoms. The molecule has 4 nitrogen and oxygen atoms in total. The molecule has 3 rings (SSSR count). The smallest absolute Gasteiger partial charge is 0.191 e. The van der Waals surface area contributed by atoms with E-state index in [0.717, 1.165) is 17.5 Å². The summed E-state index contributed by atoms with van der Waals surface area (Å²) < 4.78 is 0. The van der Waals surface area contributed by atoms with Crippen molar-refractivity contribution in [1.82, 2.24) is 15.6 Å². The Morgan fingerprint density at radius 2 is 2.08 bits per heavy atom. The highest BCUT2D eigenvalue weighted by molar-refractivity contribution is 14.0. The van der Waals surface area contributed by atoms with Crippen LogP contribution in [-0.4, -0.2) is 24.0 Å². The summed E-state index contributed by atoms with van der Waals surface area (Å²) in [6, 6.07) is 11.1. The van der Waals surface area contributed by atoms with Crippen molar-refractivity contribution in [3.8, 4) is 0 Å². The Balaban J connectivity index is 0.00000208. The van der Waals surface area contributed by atoms with Crippen molar-refractivity contribution < 1.29 is 0 Å². The van der Waals surface area contributed by atoms with Gasteiger partial charge in [-0.25, -0.2) is 4.98 Å². The Labute approximate surface area is 165 Å². The number of thiazole rings is 1. The normalized spacial score (nSPS) is 19.8. The molecule has 1 aromatic heterocycles. The number of benzene rings is 1. The zero-order valence-electron chi connectivity index (χ0n) is 14.3. The Bertz CT molecular complexity index is 669. The van der Waals surface area contributed by atoms with E-state index in [2.05, 4.69) is 70.2 Å². The molecule has 0 amide bonds. The van der Waals surface area contributed by atoms with Gasteiger partial charge in [-0.1, -0.05) is 44.2 Å². The molecule has 0 radical (unpaired) electrons. The summed E-state index contributed by atoms with van der Waals surface area (Å²) in [7, 11) is 1.82. The van der Waals surface area contributed by atoms with Crippen LogP contribution >= 0.6 is 35.3 Å².